The van der Waals surface area contributed by atoms with Gasteiger partial charge in [0.25, 0.3) is 0 Å². The molecule has 158 valence electrons. The van der Waals surface area contributed by atoms with Crippen molar-refractivity contribution in [3.05, 3.63) is 29.6 Å². The molecule has 28 heavy (non-hydrogen) atoms. The Labute approximate surface area is 170 Å². The Kier molecular flexibility index (Phi) is 9.11. The van der Waals surface area contributed by atoms with Crippen LogP contribution in [0.4, 0.5) is 0 Å². The predicted molar refractivity (Wildman–Crippen MR) is 111 cm³/mol. The van der Waals surface area contributed by atoms with Crippen LogP contribution in [0.25, 0.3) is 0 Å². The van der Waals surface area contributed by atoms with Crippen molar-refractivity contribution < 1.29 is 9.47 Å². The second-order valence-corrected chi connectivity index (χ2v) is 8.00. The molecule has 1 aromatic rings. The van der Waals surface area contributed by atoms with E-state index in [0.29, 0.717) is 0 Å². The van der Waals surface area contributed by atoms with E-state index in [1.54, 1.807) is 0 Å². The largest absolute Gasteiger partial charge is 0.379 e. The van der Waals surface area contributed by atoms with E-state index in [1.807, 2.05) is 0 Å². The van der Waals surface area contributed by atoms with Gasteiger partial charge in [-0.05, 0) is 26.2 Å². The van der Waals surface area contributed by atoms with Gasteiger partial charge in [-0.1, -0.05) is 6.07 Å². The Balaban J connectivity index is 1.71. The standard InChI is InChI=1S/C21H37N5O2/c1-23-6-8-25-10-14-27-16-12-26(13-17-28-15-11-25)9-7-24(2)19-21-5-3-4-20(18-23)22-21/h3-5H,6-19H2,1-2H3. The van der Waals surface area contributed by atoms with Gasteiger partial charge in [0.1, 0.15) is 0 Å². The molecule has 0 aliphatic carbocycles. The maximum absolute atomic E-state index is 5.94. The van der Waals surface area contributed by atoms with Crippen molar-refractivity contribution in [2.45, 2.75) is 13.1 Å². The van der Waals surface area contributed by atoms with Gasteiger partial charge in [0.15, 0.2) is 0 Å². The van der Waals surface area contributed by atoms with E-state index in [1.165, 1.54) is 0 Å². The van der Waals surface area contributed by atoms with Gasteiger partial charge >= 0.3 is 0 Å². The molecule has 3 aliphatic heterocycles. The van der Waals surface area contributed by atoms with E-state index in [-0.39, 0.29) is 0 Å². The molecule has 4 heterocycles. The number of ether oxygens (including phenoxy) is 2. The van der Waals surface area contributed by atoms with Gasteiger partial charge in [-0.3, -0.25) is 24.6 Å². The summed E-state index contributed by atoms with van der Waals surface area (Å²) in [6, 6.07) is 6.42. The fourth-order valence-corrected chi connectivity index (χ4v) is 3.69. The van der Waals surface area contributed by atoms with E-state index in [0.717, 1.165) is 103 Å². The molecular formula is C21H37N5O2. The van der Waals surface area contributed by atoms with E-state index >= 15 is 0 Å². The molecule has 0 radical (unpaired) electrons. The van der Waals surface area contributed by atoms with Crippen molar-refractivity contribution in [2.75, 3.05) is 92.9 Å². The summed E-state index contributed by atoms with van der Waals surface area (Å²) < 4.78 is 11.9. The maximum atomic E-state index is 5.94. The number of fused-ring (bicyclic) bond motifs is 14. The average molecular weight is 392 g/mol. The molecule has 4 rings (SSSR count). The van der Waals surface area contributed by atoms with Crippen LogP contribution in [0.15, 0.2) is 18.2 Å². The molecule has 1 saturated heterocycles. The van der Waals surface area contributed by atoms with E-state index < -0.39 is 0 Å². The minimum atomic E-state index is 0.793. The molecule has 0 N–H and O–H groups in total. The monoisotopic (exact) mass is 391 g/mol. The first-order valence-electron chi connectivity index (χ1n) is 10.6. The molecule has 1 aromatic heterocycles. The normalized spacial score (nSPS) is 27.9. The maximum Gasteiger partial charge on any atom is 0.0594 e. The smallest absolute Gasteiger partial charge is 0.0594 e. The summed E-state index contributed by atoms with van der Waals surface area (Å²) in [4.78, 5) is 14.5. The molecule has 0 amide bonds. The summed E-state index contributed by atoms with van der Waals surface area (Å²) in [5.74, 6) is 0. The highest BCUT2D eigenvalue weighted by Gasteiger charge is 2.13. The van der Waals surface area contributed by atoms with Crippen LogP contribution in [0.2, 0.25) is 0 Å². The minimum absolute atomic E-state index is 0.793. The predicted octanol–water partition coefficient (Wildman–Crippen LogP) is 0.610. The lowest BCUT2D eigenvalue weighted by Crippen LogP contribution is -2.40. The van der Waals surface area contributed by atoms with Gasteiger partial charge in [0.2, 0.25) is 0 Å². The number of hydrogen-bond acceptors (Lipinski definition) is 7. The van der Waals surface area contributed by atoms with Gasteiger partial charge < -0.3 is 9.47 Å². The van der Waals surface area contributed by atoms with Crippen LogP contribution < -0.4 is 0 Å². The summed E-state index contributed by atoms with van der Waals surface area (Å²) in [5.41, 5.74) is 2.30. The third-order valence-corrected chi connectivity index (χ3v) is 5.53. The molecule has 0 saturated carbocycles. The highest BCUT2D eigenvalue weighted by atomic mass is 16.5. The zero-order valence-corrected chi connectivity index (χ0v) is 17.7. The third-order valence-electron chi connectivity index (χ3n) is 5.53. The van der Waals surface area contributed by atoms with Gasteiger partial charge in [-0.15, -0.1) is 0 Å². The fraction of sp³-hybridized carbons (Fsp3) is 0.762. The van der Waals surface area contributed by atoms with Crippen molar-refractivity contribution in [3.63, 3.8) is 0 Å². The summed E-state index contributed by atoms with van der Waals surface area (Å²) >= 11 is 0. The van der Waals surface area contributed by atoms with Crippen LogP contribution in [-0.2, 0) is 22.6 Å². The first-order chi connectivity index (χ1) is 13.7. The number of rotatable bonds is 0. The fourth-order valence-electron chi connectivity index (χ4n) is 3.69. The highest BCUT2D eigenvalue weighted by molar-refractivity contribution is 5.11. The molecule has 0 aromatic carbocycles. The molecule has 0 unspecified atom stereocenters. The number of aromatic nitrogens is 1. The SMILES string of the molecule is CN1CCN2CCOCCN(CCOCC2)CCN(C)Cc2cccc(n2)C1. The Morgan fingerprint density at radius 1 is 0.643 bits per heavy atom. The highest BCUT2D eigenvalue weighted by Crippen LogP contribution is 2.06. The van der Waals surface area contributed by atoms with Crippen molar-refractivity contribution in [3.8, 4) is 0 Å². The van der Waals surface area contributed by atoms with Gasteiger partial charge in [0.05, 0.1) is 37.8 Å². The molecular weight excluding hydrogens is 354 g/mol. The zero-order chi connectivity index (χ0) is 19.6. The third kappa shape index (κ3) is 7.73. The van der Waals surface area contributed by atoms with Crippen LogP contribution in [0.1, 0.15) is 11.4 Å². The molecule has 7 nitrogen and oxygen atoms in total. The average Bonchev–Trinajstić information content (AvgIpc) is 2.66. The lowest BCUT2D eigenvalue weighted by molar-refractivity contribution is 0.0341. The number of hydrogen-bond donors (Lipinski definition) is 0. The van der Waals surface area contributed by atoms with Crippen molar-refractivity contribution in [1.29, 1.82) is 0 Å². The van der Waals surface area contributed by atoms with Gasteiger partial charge in [-0.2, -0.15) is 0 Å². The van der Waals surface area contributed by atoms with Crippen molar-refractivity contribution in [1.82, 2.24) is 24.6 Å². The Bertz CT molecular complexity index is 516. The van der Waals surface area contributed by atoms with Gasteiger partial charge in [-0.25, -0.2) is 0 Å². The number of pyridine rings is 1. The van der Waals surface area contributed by atoms with Crippen LogP contribution >= 0.6 is 0 Å². The van der Waals surface area contributed by atoms with Crippen LogP contribution in [0, 0.1) is 0 Å². The summed E-state index contributed by atoms with van der Waals surface area (Å²) in [7, 11) is 4.35. The topological polar surface area (TPSA) is 44.3 Å². The summed E-state index contributed by atoms with van der Waals surface area (Å²) in [5, 5.41) is 0. The van der Waals surface area contributed by atoms with E-state index in [9.17, 15) is 0 Å². The molecule has 7 heteroatoms. The van der Waals surface area contributed by atoms with Gasteiger partial charge in [0, 0.05) is 65.4 Å². The summed E-state index contributed by atoms with van der Waals surface area (Å²) in [6.45, 7) is 12.9. The zero-order valence-electron chi connectivity index (χ0n) is 17.7. The minimum Gasteiger partial charge on any atom is -0.379 e. The second kappa shape index (κ2) is 11.8. The Morgan fingerprint density at radius 3 is 1.50 bits per heavy atom. The molecule has 3 aliphatic rings. The quantitative estimate of drug-likeness (QED) is 0.642. The lowest BCUT2D eigenvalue weighted by atomic mass is 10.2. The first kappa shape index (κ1) is 21.6. The number of likely N-dealkylation sites (N-methyl/N-ethyl adjacent to an activating group) is 2. The first-order valence-corrected chi connectivity index (χ1v) is 10.6. The van der Waals surface area contributed by atoms with Crippen molar-refractivity contribution in [2.24, 2.45) is 0 Å². The van der Waals surface area contributed by atoms with Crippen LogP contribution in [0.5, 0.6) is 0 Å². The summed E-state index contributed by atoms with van der Waals surface area (Å²) in [6.07, 6.45) is 0. The van der Waals surface area contributed by atoms with Crippen molar-refractivity contribution >= 4 is 0 Å². The van der Waals surface area contributed by atoms with Crippen LogP contribution in [-0.4, -0.2) is 117 Å². The number of nitrogens with zero attached hydrogens (tertiary/aromatic N) is 5. The molecule has 1 fully saturated rings. The van der Waals surface area contributed by atoms with E-state index in [4.69, 9.17) is 14.5 Å². The Morgan fingerprint density at radius 2 is 1.07 bits per heavy atom. The molecule has 0 atom stereocenters. The Hall–Kier alpha value is -1.09. The molecule has 0 spiro atoms. The molecule has 4 bridgehead atoms. The van der Waals surface area contributed by atoms with Crippen LogP contribution in [0.3, 0.4) is 0 Å². The van der Waals surface area contributed by atoms with E-state index in [2.05, 4.69) is 51.9 Å². The second-order valence-electron chi connectivity index (χ2n) is 8.00. The lowest BCUT2D eigenvalue weighted by Gasteiger charge is -2.29.